The van der Waals surface area contributed by atoms with Crippen molar-refractivity contribution < 1.29 is 4.79 Å². The molecule has 0 spiro atoms. The van der Waals surface area contributed by atoms with Crippen LogP contribution in [0.15, 0.2) is 29.4 Å². The van der Waals surface area contributed by atoms with Gasteiger partial charge in [-0.2, -0.15) is 0 Å². The number of carbonyl (C=O) groups is 1. The highest BCUT2D eigenvalue weighted by Crippen LogP contribution is 2.25. The number of aryl methyl sites for hydroxylation is 1. The molecule has 2 rings (SSSR count). The molecule has 0 saturated heterocycles. The fourth-order valence-corrected chi connectivity index (χ4v) is 3.88. The third-order valence-corrected chi connectivity index (χ3v) is 5.73. The predicted octanol–water partition coefficient (Wildman–Crippen LogP) is 4.38. The normalized spacial score (nSPS) is 12.4. The molecule has 1 amide bonds. The van der Waals surface area contributed by atoms with Gasteiger partial charge in [0.25, 0.3) is 0 Å². The number of anilines is 1. The molecular weight excluding hydrogens is 370 g/mol. The molecule has 0 radical (unpaired) electrons. The van der Waals surface area contributed by atoms with Crippen LogP contribution in [0, 0.1) is 0 Å². The first-order valence-electron chi connectivity index (χ1n) is 10.1. The summed E-state index contributed by atoms with van der Waals surface area (Å²) in [5, 5.41) is 12.6. The van der Waals surface area contributed by atoms with Crippen molar-refractivity contribution in [2.24, 2.45) is 0 Å². The lowest BCUT2D eigenvalue weighted by atomic mass is 10.1. The molecule has 0 aliphatic carbocycles. The van der Waals surface area contributed by atoms with E-state index in [4.69, 9.17) is 0 Å². The molecular formula is C21H33N5OS. The van der Waals surface area contributed by atoms with Gasteiger partial charge in [-0.3, -0.25) is 9.69 Å². The van der Waals surface area contributed by atoms with E-state index in [0.29, 0.717) is 5.75 Å². The molecule has 1 aromatic carbocycles. The van der Waals surface area contributed by atoms with Gasteiger partial charge >= 0.3 is 0 Å². The van der Waals surface area contributed by atoms with Crippen molar-refractivity contribution in [2.75, 3.05) is 25.2 Å². The molecule has 0 bridgehead atoms. The minimum Gasteiger partial charge on any atom is -0.325 e. The standard InChI is InChI=1S/C21H33N5OS/c1-6-9-14-26-20(18(8-3)25(4)5)23-24-21(26)28-15-19(27)22-17-12-10-16(7-2)11-13-17/h10-13,18H,6-9,14-15H2,1-5H3,(H,22,27)/t18-/m1/s1. The average molecular weight is 404 g/mol. The van der Waals surface area contributed by atoms with Crippen LogP contribution in [0.25, 0.3) is 0 Å². The van der Waals surface area contributed by atoms with Crippen molar-refractivity contribution in [3.8, 4) is 0 Å². The molecule has 0 aliphatic heterocycles. The third kappa shape index (κ3) is 6.07. The fourth-order valence-electron chi connectivity index (χ4n) is 3.11. The second-order valence-corrected chi connectivity index (χ2v) is 8.06. The summed E-state index contributed by atoms with van der Waals surface area (Å²) in [7, 11) is 4.13. The number of nitrogens with one attached hydrogen (secondary N) is 1. The van der Waals surface area contributed by atoms with Gasteiger partial charge in [0, 0.05) is 12.2 Å². The Morgan fingerprint density at radius 1 is 1.18 bits per heavy atom. The number of hydrogen-bond donors (Lipinski definition) is 1. The number of benzene rings is 1. The van der Waals surface area contributed by atoms with Crippen LogP contribution in [0.1, 0.15) is 57.5 Å². The van der Waals surface area contributed by atoms with Gasteiger partial charge in [0.1, 0.15) is 0 Å². The Bertz CT molecular complexity index is 742. The topological polar surface area (TPSA) is 63.1 Å². The number of carbonyl (C=O) groups excluding carboxylic acids is 1. The zero-order valence-corrected chi connectivity index (χ0v) is 18.6. The summed E-state index contributed by atoms with van der Waals surface area (Å²) in [5.41, 5.74) is 2.09. The molecule has 1 heterocycles. The maximum Gasteiger partial charge on any atom is 0.234 e. The first-order valence-corrected chi connectivity index (χ1v) is 11.1. The molecule has 7 heteroatoms. The van der Waals surface area contributed by atoms with Gasteiger partial charge in [-0.05, 0) is 51.1 Å². The second-order valence-electron chi connectivity index (χ2n) is 7.12. The monoisotopic (exact) mass is 403 g/mol. The molecule has 1 aromatic heterocycles. The molecule has 0 unspecified atom stereocenters. The molecule has 2 aromatic rings. The molecule has 0 aliphatic rings. The maximum atomic E-state index is 12.4. The Kier molecular flexibility index (Phi) is 8.99. The lowest BCUT2D eigenvalue weighted by Gasteiger charge is -2.23. The number of nitrogens with zero attached hydrogens (tertiary/aromatic N) is 4. The highest BCUT2D eigenvalue weighted by Gasteiger charge is 2.22. The van der Waals surface area contributed by atoms with E-state index >= 15 is 0 Å². The molecule has 154 valence electrons. The highest BCUT2D eigenvalue weighted by molar-refractivity contribution is 7.99. The van der Waals surface area contributed by atoms with Crippen LogP contribution in [0.5, 0.6) is 0 Å². The van der Waals surface area contributed by atoms with Crippen LogP contribution in [-0.4, -0.2) is 45.4 Å². The zero-order valence-electron chi connectivity index (χ0n) is 17.7. The quantitative estimate of drug-likeness (QED) is 0.564. The van der Waals surface area contributed by atoms with Crippen molar-refractivity contribution in [1.29, 1.82) is 0 Å². The van der Waals surface area contributed by atoms with Crippen molar-refractivity contribution in [1.82, 2.24) is 19.7 Å². The molecule has 1 N–H and O–H groups in total. The van der Waals surface area contributed by atoms with Gasteiger partial charge < -0.3 is 9.88 Å². The molecule has 6 nitrogen and oxygen atoms in total. The summed E-state index contributed by atoms with van der Waals surface area (Å²) in [5.74, 6) is 1.28. The molecule has 28 heavy (non-hydrogen) atoms. The Morgan fingerprint density at radius 2 is 1.89 bits per heavy atom. The van der Waals surface area contributed by atoms with Gasteiger partial charge in [-0.1, -0.05) is 51.1 Å². The summed E-state index contributed by atoms with van der Waals surface area (Å²) in [4.78, 5) is 14.5. The molecule has 0 saturated carbocycles. The van der Waals surface area contributed by atoms with Crippen LogP contribution in [0.2, 0.25) is 0 Å². The Balaban J connectivity index is 2.05. The smallest absolute Gasteiger partial charge is 0.234 e. The fraction of sp³-hybridized carbons (Fsp3) is 0.571. The van der Waals surface area contributed by atoms with E-state index < -0.39 is 0 Å². The minimum absolute atomic E-state index is 0.0273. The van der Waals surface area contributed by atoms with Crippen LogP contribution in [0.3, 0.4) is 0 Å². The molecule has 0 fully saturated rings. The first kappa shape index (κ1) is 22.4. The number of rotatable bonds is 11. The number of thioether (sulfide) groups is 1. The number of hydrogen-bond acceptors (Lipinski definition) is 5. The van der Waals surface area contributed by atoms with E-state index in [1.54, 1.807) is 0 Å². The minimum atomic E-state index is -0.0273. The van der Waals surface area contributed by atoms with E-state index in [-0.39, 0.29) is 11.9 Å². The van der Waals surface area contributed by atoms with Gasteiger partial charge in [0.2, 0.25) is 5.91 Å². The van der Waals surface area contributed by atoms with Crippen LogP contribution in [0.4, 0.5) is 5.69 Å². The predicted molar refractivity (Wildman–Crippen MR) is 117 cm³/mol. The molecule has 1 atom stereocenters. The number of unbranched alkanes of at least 4 members (excludes halogenated alkanes) is 1. The lowest BCUT2D eigenvalue weighted by molar-refractivity contribution is -0.113. The first-order chi connectivity index (χ1) is 13.5. The number of aromatic nitrogens is 3. The summed E-state index contributed by atoms with van der Waals surface area (Å²) in [6.07, 6.45) is 4.13. The van der Waals surface area contributed by atoms with Crippen LogP contribution >= 0.6 is 11.8 Å². The highest BCUT2D eigenvalue weighted by atomic mass is 32.2. The van der Waals surface area contributed by atoms with E-state index in [0.717, 1.165) is 48.9 Å². The number of amides is 1. The Hall–Kier alpha value is -1.86. The van der Waals surface area contributed by atoms with Gasteiger partial charge in [0.05, 0.1) is 11.8 Å². The third-order valence-electron chi connectivity index (χ3n) is 4.77. The van der Waals surface area contributed by atoms with E-state index in [1.807, 2.05) is 24.3 Å². The van der Waals surface area contributed by atoms with Crippen molar-refractivity contribution >= 4 is 23.4 Å². The van der Waals surface area contributed by atoms with Gasteiger partial charge in [0.15, 0.2) is 11.0 Å². The Morgan fingerprint density at radius 3 is 2.46 bits per heavy atom. The van der Waals surface area contributed by atoms with Crippen molar-refractivity contribution in [3.05, 3.63) is 35.7 Å². The van der Waals surface area contributed by atoms with Crippen LogP contribution < -0.4 is 5.32 Å². The van der Waals surface area contributed by atoms with E-state index in [1.165, 1.54) is 17.3 Å². The zero-order chi connectivity index (χ0) is 20.5. The average Bonchev–Trinajstić information content (AvgIpc) is 3.08. The second kappa shape index (κ2) is 11.2. The summed E-state index contributed by atoms with van der Waals surface area (Å²) < 4.78 is 2.19. The summed E-state index contributed by atoms with van der Waals surface area (Å²) in [6.45, 7) is 7.34. The lowest BCUT2D eigenvalue weighted by Crippen LogP contribution is -2.23. The SMILES string of the molecule is CCCCn1c(SCC(=O)Nc2ccc(CC)cc2)nnc1[C@@H](CC)N(C)C. The van der Waals surface area contributed by atoms with Crippen molar-refractivity contribution in [3.63, 3.8) is 0 Å². The van der Waals surface area contributed by atoms with Crippen LogP contribution in [-0.2, 0) is 17.8 Å². The largest absolute Gasteiger partial charge is 0.325 e. The van der Waals surface area contributed by atoms with Gasteiger partial charge in [-0.15, -0.1) is 10.2 Å². The Labute approximate surface area is 173 Å². The van der Waals surface area contributed by atoms with E-state index in [9.17, 15) is 4.79 Å². The van der Waals surface area contributed by atoms with Crippen molar-refractivity contribution in [2.45, 2.75) is 64.2 Å². The van der Waals surface area contributed by atoms with E-state index in [2.05, 4.69) is 59.8 Å². The van der Waals surface area contributed by atoms with Gasteiger partial charge in [-0.25, -0.2) is 0 Å². The summed E-state index contributed by atoms with van der Waals surface area (Å²) in [6, 6.07) is 8.22. The maximum absolute atomic E-state index is 12.4. The summed E-state index contributed by atoms with van der Waals surface area (Å²) >= 11 is 1.45.